The second-order valence-corrected chi connectivity index (χ2v) is 4.67. The molecule has 0 fully saturated rings. The molecule has 6 heteroatoms. The number of hydrogen-bond acceptors (Lipinski definition) is 4. The number of nitrogens with one attached hydrogen (secondary N) is 1. The molecule has 0 radical (unpaired) electrons. The van der Waals surface area contributed by atoms with Crippen molar-refractivity contribution >= 4 is 11.6 Å². The van der Waals surface area contributed by atoms with Gasteiger partial charge in [-0.05, 0) is 31.0 Å². The van der Waals surface area contributed by atoms with Crippen LogP contribution in [-0.2, 0) is 4.79 Å². The first-order chi connectivity index (χ1) is 9.59. The number of amides is 1. The Morgan fingerprint density at radius 2 is 2.15 bits per heavy atom. The molecule has 0 saturated carbocycles. The van der Waals surface area contributed by atoms with Gasteiger partial charge in [-0.15, -0.1) is 0 Å². The van der Waals surface area contributed by atoms with Gasteiger partial charge in [0.05, 0.1) is 17.4 Å². The fourth-order valence-electron chi connectivity index (χ4n) is 1.83. The molecular weight excluding hydrogens is 254 g/mol. The van der Waals surface area contributed by atoms with Crippen molar-refractivity contribution in [2.45, 2.75) is 32.2 Å². The number of carbonyl (C=O) groups is 1. The highest BCUT2D eigenvalue weighted by molar-refractivity contribution is 5.97. The van der Waals surface area contributed by atoms with Gasteiger partial charge >= 0.3 is 0 Å². The summed E-state index contributed by atoms with van der Waals surface area (Å²) in [5.41, 5.74) is 5.84. The van der Waals surface area contributed by atoms with Crippen LogP contribution in [0.25, 0.3) is 5.82 Å². The van der Waals surface area contributed by atoms with Crippen molar-refractivity contribution in [2.24, 2.45) is 5.73 Å². The van der Waals surface area contributed by atoms with E-state index in [0.29, 0.717) is 24.3 Å². The standard InChI is InChI=1S/C14H19N5O/c1-3-14(15,4-2)13(20)18-11-6-7-12(16-10-11)19-9-5-8-17-19/h5-10H,3-4,15H2,1-2H3,(H,18,20). The highest BCUT2D eigenvalue weighted by Gasteiger charge is 2.29. The van der Waals surface area contributed by atoms with Crippen LogP contribution >= 0.6 is 0 Å². The Balaban J connectivity index is 2.10. The zero-order valence-corrected chi connectivity index (χ0v) is 11.7. The molecule has 2 aromatic rings. The van der Waals surface area contributed by atoms with Gasteiger partial charge in [-0.3, -0.25) is 4.79 Å². The number of carbonyl (C=O) groups excluding carboxylic acids is 1. The van der Waals surface area contributed by atoms with Gasteiger partial charge in [-0.2, -0.15) is 5.10 Å². The van der Waals surface area contributed by atoms with Crippen molar-refractivity contribution in [2.75, 3.05) is 5.32 Å². The molecule has 0 aliphatic heterocycles. The summed E-state index contributed by atoms with van der Waals surface area (Å²) >= 11 is 0. The summed E-state index contributed by atoms with van der Waals surface area (Å²) in [5, 5.41) is 6.89. The predicted molar refractivity (Wildman–Crippen MR) is 77.5 cm³/mol. The third kappa shape index (κ3) is 2.85. The lowest BCUT2D eigenvalue weighted by Crippen LogP contribution is -2.50. The van der Waals surface area contributed by atoms with Crippen LogP contribution in [0.4, 0.5) is 5.69 Å². The number of nitrogens with zero attached hydrogens (tertiary/aromatic N) is 3. The maximum atomic E-state index is 12.1. The average molecular weight is 273 g/mol. The van der Waals surface area contributed by atoms with E-state index in [-0.39, 0.29) is 5.91 Å². The average Bonchev–Trinajstić information content (AvgIpc) is 3.01. The lowest BCUT2D eigenvalue weighted by Gasteiger charge is -2.25. The van der Waals surface area contributed by atoms with E-state index in [9.17, 15) is 4.79 Å². The van der Waals surface area contributed by atoms with Gasteiger partial charge in [-0.1, -0.05) is 13.8 Å². The van der Waals surface area contributed by atoms with Crippen LogP contribution in [0, 0.1) is 0 Å². The van der Waals surface area contributed by atoms with E-state index in [0.717, 1.165) is 0 Å². The lowest BCUT2D eigenvalue weighted by atomic mass is 9.93. The third-order valence-electron chi connectivity index (χ3n) is 3.46. The highest BCUT2D eigenvalue weighted by Crippen LogP contribution is 2.16. The molecule has 2 aromatic heterocycles. The molecule has 0 saturated heterocycles. The minimum atomic E-state index is -0.833. The van der Waals surface area contributed by atoms with Crippen molar-refractivity contribution < 1.29 is 4.79 Å². The van der Waals surface area contributed by atoms with Gasteiger partial charge in [0.2, 0.25) is 5.91 Å². The minimum absolute atomic E-state index is 0.184. The molecule has 0 spiro atoms. The molecule has 3 N–H and O–H groups in total. The first-order valence-electron chi connectivity index (χ1n) is 6.65. The molecule has 0 aliphatic carbocycles. The Hall–Kier alpha value is -2.21. The number of pyridine rings is 1. The molecule has 0 bridgehead atoms. The van der Waals surface area contributed by atoms with Crippen molar-refractivity contribution in [3.63, 3.8) is 0 Å². The van der Waals surface area contributed by atoms with E-state index in [1.807, 2.05) is 19.9 Å². The summed E-state index contributed by atoms with van der Waals surface area (Å²) in [6.45, 7) is 3.81. The van der Waals surface area contributed by atoms with Gasteiger partial charge in [-0.25, -0.2) is 9.67 Å². The largest absolute Gasteiger partial charge is 0.323 e. The van der Waals surface area contributed by atoms with Gasteiger partial charge in [0.1, 0.15) is 0 Å². The molecular formula is C14H19N5O. The van der Waals surface area contributed by atoms with Crippen LogP contribution in [0.15, 0.2) is 36.8 Å². The number of anilines is 1. The van der Waals surface area contributed by atoms with E-state index in [2.05, 4.69) is 15.4 Å². The van der Waals surface area contributed by atoms with E-state index in [1.54, 1.807) is 35.4 Å². The van der Waals surface area contributed by atoms with E-state index < -0.39 is 5.54 Å². The van der Waals surface area contributed by atoms with Gasteiger partial charge in [0.15, 0.2) is 5.82 Å². The Kier molecular flexibility index (Phi) is 4.14. The van der Waals surface area contributed by atoms with Crippen molar-refractivity contribution in [1.29, 1.82) is 0 Å². The van der Waals surface area contributed by atoms with Crippen molar-refractivity contribution in [3.05, 3.63) is 36.8 Å². The molecule has 0 aliphatic rings. The zero-order chi connectivity index (χ0) is 14.6. The summed E-state index contributed by atoms with van der Waals surface area (Å²) in [5.74, 6) is 0.508. The molecule has 106 valence electrons. The van der Waals surface area contributed by atoms with Crippen LogP contribution in [0.2, 0.25) is 0 Å². The summed E-state index contributed by atoms with van der Waals surface area (Å²) < 4.78 is 1.65. The zero-order valence-electron chi connectivity index (χ0n) is 11.7. The van der Waals surface area contributed by atoms with Crippen LogP contribution in [-0.4, -0.2) is 26.2 Å². The molecule has 2 heterocycles. The maximum absolute atomic E-state index is 12.1. The lowest BCUT2D eigenvalue weighted by molar-refractivity contribution is -0.121. The summed E-state index contributed by atoms with van der Waals surface area (Å²) in [7, 11) is 0. The molecule has 0 unspecified atom stereocenters. The van der Waals surface area contributed by atoms with E-state index >= 15 is 0 Å². The normalized spacial score (nSPS) is 11.3. The second kappa shape index (κ2) is 5.83. The third-order valence-corrected chi connectivity index (χ3v) is 3.46. The number of aromatic nitrogens is 3. The molecule has 0 atom stereocenters. The number of rotatable bonds is 5. The summed E-state index contributed by atoms with van der Waals surface area (Å²) in [6, 6.07) is 5.40. The van der Waals surface area contributed by atoms with Crippen molar-refractivity contribution in [1.82, 2.24) is 14.8 Å². The van der Waals surface area contributed by atoms with Crippen molar-refractivity contribution in [3.8, 4) is 5.82 Å². The Morgan fingerprint density at radius 1 is 1.40 bits per heavy atom. The first-order valence-corrected chi connectivity index (χ1v) is 6.65. The summed E-state index contributed by atoms with van der Waals surface area (Å²) in [6.07, 6.45) is 6.27. The topological polar surface area (TPSA) is 85.8 Å². The van der Waals surface area contributed by atoms with Crippen LogP contribution in [0.3, 0.4) is 0 Å². The van der Waals surface area contributed by atoms with Gasteiger partial charge < -0.3 is 11.1 Å². The molecule has 6 nitrogen and oxygen atoms in total. The van der Waals surface area contributed by atoms with Gasteiger partial charge in [0.25, 0.3) is 0 Å². The Bertz CT molecular complexity index is 558. The predicted octanol–water partition coefficient (Wildman–Crippen LogP) is 1.72. The number of nitrogens with two attached hydrogens (primary N) is 1. The smallest absolute Gasteiger partial charge is 0.244 e. The summed E-state index contributed by atoms with van der Waals surface area (Å²) in [4.78, 5) is 16.4. The van der Waals surface area contributed by atoms with E-state index in [1.165, 1.54) is 0 Å². The second-order valence-electron chi connectivity index (χ2n) is 4.67. The number of hydrogen-bond donors (Lipinski definition) is 2. The monoisotopic (exact) mass is 273 g/mol. The molecule has 0 aromatic carbocycles. The molecule has 20 heavy (non-hydrogen) atoms. The fourth-order valence-corrected chi connectivity index (χ4v) is 1.83. The fraction of sp³-hybridized carbons (Fsp3) is 0.357. The minimum Gasteiger partial charge on any atom is -0.323 e. The first kappa shape index (κ1) is 14.2. The molecule has 2 rings (SSSR count). The quantitative estimate of drug-likeness (QED) is 0.868. The van der Waals surface area contributed by atoms with Gasteiger partial charge in [0, 0.05) is 12.4 Å². The maximum Gasteiger partial charge on any atom is 0.244 e. The van der Waals surface area contributed by atoms with Crippen LogP contribution < -0.4 is 11.1 Å². The van der Waals surface area contributed by atoms with Crippen LogP contribution in [0.1, 0.15) is 26.7 Å². The molecule has 1 amide bonds. The van der Waals surface area contributed by atoms with E-state index in [4.69, 9.17) is 5.73 Å². The Labute approximate surface area is 118 Å². The SMILES string of the molecule is CCC(N)(CC)C(=O)Nc1ccc(-n2cccn2)nc1. The Morgan fingerprint density at radius 3 is 2.65 bits per heavy atom. The van der Waals surface area contributed by atoms with Crippen LogP contribution in [0.5, 0.6) is 0 Å². The highest BCUT2D eigenvalue weighted by atomic mass is 16.2.